The third-order valence-corrected chi connectivity index (χ3v) is 14.8. The van der Waals surface area contributed by atoms with E-state index in [9.17, 15) is 0 Å². The van der Waals surface area contributed by atoms with Gasteiger partial charge in [0.2, 0.25) is 0 Å². The average Bonchev–Trinajstić information content (AvgIpc) is 3.82. The lowest BCUT2D eigenvalue weighted by atomic mass is 9.82. The zero-order valence-corrected chi connectivity index (χ0v) is 38.5. The van der Waals surface area contributed by atoms with Crippen molar-refractivity contribution < 1.29 is 0 Å². The molecule has 0 spiro atoms. The number of fused-ring (bicyclic) bond motifs is 9. The van der Waals surface area contributed by atoms with E-state index in [0.29, 0.717) is 0 Å². The molecular formula is C66H50. The Morgan fingerprint density at radius 2 is 0.652 bits per heavy atom. The molecule has 13 rings (SSSR count). The quantitative estimate of drug-likeness (QED) is 0.155. The van der Waals surface area contributed by atoms with Crippen molar-refractivity contribution in [2.45, 2.75) is 52.4 Å². The Hall–Kier alpha value is -7.54. The normalized spacial score (nSPS) is 12.7. The standard InChI is InChI=1S/C66H50/c1-65(2,3)47-25-13-21-42(30-47)53-37-59-55-34-46-33-51-41(23-15-27-49(51)39-17-9-7-10-18-39)29-45(46)35-58(55)62-54(43-22-14-26-48(31-43)66(4,5)6)38-60-56-36-52-44(32-57(56)61(53)64(60)63(59)62)24-16-28-50(52)40-19-11-8-12-20-40/h7-38H,1-6H3. The number of rotatable bonds is 4. The first-order valence-corrected chi connectivity index (χ1v) is 23.6. The highest BCUT2D eigenvalue weighted by molar-refractivity contribution is 6.32. The molecule has 0 nitrogen and oxygen atoms in total. The molecule has 2 aliphatic carbocycles. The summed E-state index contributed by atoms with van der Waals surface area (Å²) in [6.45, 7) is 14.0. The maximum Gasteiger partial charge on any atom is -0.000718 e. The minimum Gasteiger partial charge on any atom is -0.0622 e. The maximum atomic E-state index is 2.57. The third kappa shape index (κ3) is 5.84. The summed E-state index contributed by atoms with van der Waals surface area (Å²) in [4.78, 5) is 0. The summed E-state index contributed by atoms with van der Waals surface area (Å²) in [6.07, 6.45) is 0. The Morgan fingerprint density at radius 1 is 0.242 bits per heavy atom. The highest BCUT2D eigenvalue weighted by Crippen LogP contribution is 2.62. The first-order valence-electron chi connectivity index (χ1n) is 23.6. The van der Waals surface area contributed by atoms with Crippen LogP contribution < -0.4 is 0 Å². The molecule has 0 radical (unpaired) electrons. The van der Waals surface area contributed by atoms with Gasteiger partial charge in [-0.15, -0.1) is 0 Å². The van der Waals surface area contributed by atoms with E-state index >= 15 is 0 Å². The molecule has 0 bridgehead atoms. The van der Waals surface area contributed by atoms with Crippen molar-refractivity contribution in [1.29, 1.82) is 0 Å². The van der Waals surface area contributed by atoms with Crippen molar-refractivity contribution >= 4 is 43.1 Å². The van der Waals surface area contributed by atoms with E-state index in [2.05, 4.69) is 236 Å². The van der Waals surface area contributed by atoms with Crippen LogP contribution in [0.4, 0.5) is 0 Å². The van der Waals surface area contributed by atoms with Gasteiger partial charge in [0, 0.05) is 0 Å². The lowest BCUT2D eigenvalue weighted by molar-refractivity contribution is 0.590. The van der Waals surface area contributed by atoms with E-state index in [1.54, 1.807) is 0 Å². The molecule has 0 heteroatoms. The number of benzene rings is 11. The molecule has 314 valence electrons. The molecule has 11 aromatic rings. The van der Waals surface area contributed by atoms with Gasteiger partial charge in [-0.2, -0.15) is 0 Å². The molecule has 11 aromatic carbocycles. The summed E-state index contributed by atoms with van der Waals surface area (Å²) in [5, 5.41) is 10.4. The van der Waals surface area contributed by atoms with Crippen LogP contribution in [0, 0.1) is 0 Å². The van der Waals surface area contributed by atoms with E-state index in [1.807, 2.05) is 0 Å². The SMILES string of the molecule is CC(C)(C)c1cccc(-c2cc3c4c(c(-c5cccc(C(C)(C)C)c5)cc5c4c2-c2cc4cc6cccc(-c7ccccc7)c6cc4cc2-5)-c2cc4cccc(-c5ccccc5)c4cc2-3)c1. The Balaban J connectivity index is 1.17. The van der Waals surface area contributed by atoms with Crippen LogP contribution in [0.5, 0.6) is 0 Å². The highest BCUT2D eigenvalue weighted by atomic mass is 14.4. The van der Waals surface area contributed by atoms with Gasteiger partial charge in [-0.3, -0.25) is 0 Å². The van der Waals surface area contributed by atoms with Crippen LogP contribution in [0.25, 0.3) is 132 Å². The van der Waals surface area contributed by atoms with E-state index in [1.165, 1.54) is 143 Å². The fourth-order valence-electron chi connectivity index (χ4n) is 11.4. The molecular weight excluding hydrogens is 793 g/mol. The van der Waals surface area contributed by atoms with Gasteiger partial charge in [-0.05, 0) is 203 Å². The van der Waals surface area contributed by atoms with E-state index < -0.39 is 0 Å². The summed E-state index contributed by atoms with van der Waals surface area (Å²) in [6, 6.07) is 74.1. The average molecular weight is 843 g/mol. The number of hydrogen-bond donors (Lipinski definition) is 0. The molecule has 66 heavy (non-hydrogen) atoms. The van der Waals surface area contributed by atoms with Crippen LogP contribution in [-0.4, -0.2) is 0 Å². The molecule has 0 aromatic heterocycles. The largest absolute Gasteiger partial charge is 0.0622 e. The van der Waals surface area contributed by atoms with Gasteiger partial charge in [0.25, 0.3) is 0 Å². The number of hydrogen-bond acceptors (Lipinski definition) is 0. The smallest absolute Gasteiger partial charge is 0.000718 e. The molecule has 0 saturated carbocycles. The lowest BCUT2D eigenvalue weighted by Crippen LogP contribution is -2.10. The Kier molecular flexibility index (Phi) is 8.24. The summed E-state index contributed by atoms with van der Waals surface area (Å²) in [5.74, 6) is 0. The molecule has 0 heterocycles. The van der Waals surface area contributed by atoms with Gasteiger partial charge in [-0.1, -0.05) is 187 Å². The molecule has 0 N–H and O–H groups in total. The highest BCUT2D eigenvalue weighted by Gasteiger charge is 2.35. The van der Waals surface area contributed by atoms with Gasteiger partial charge < -0.3 is 0 Å². The predicted octanol–water partition coefficient (Wildman–Crippen LogP) is 18.9. The van der Waals surface area contributed by atoms with E-state index in [-0.39, 0.29) is 10.8 Å². The summed E-state index contributed by atoms with van der Waals surface area (Å²) >= 11 is 0. The topological polar surface area (TPSA) is 0 Å². The van der Waals surface area contributed by atoms with Crippen molar-refractivity contribution in [2.24, 2.45) is 0 Å². The second-order valence-electron chi connectivity index (χ2n) is 20.9. The van der Waals surface area contributed by atoms with Gasteiger partial charge in [-0.25, -0.2) is 0 Å². The van der Waals surface area contributed by atoms with Crippen LogP contribution in [0.3, 0.4) is 0 Å². The van der Waals surface area contributed by atoms with Gasteiger partial charge in [0.1, 0.15) is 0 Å². The molecule has 0 amide bonds. The van der Waals surface area contributed by atoms with Crippen molar-refractivity contribution in [3.8, 4) is 89.0 Å². The van der Waals surface area contributed by atoms with E-state index in [0.717, 1.165) is 0 Å². The Labute approximate surface area is 387 Å². The molecule has 0 atom stereocenters. The molecule has 0 aliphatic heterocycles. The Bertz CT molecular complexity index is 3850. The molecule has 2 aliphatic rings. The van der Waals surface area contributed by atoms with Crippen LogP contribution in [0.2, 0.25) is 0 Å². The van der Waals surface area contributed by atoms with Crippen molar-refractivity contribution in [2.75, 3.05) is 0 Å². The van der Waals surface area contributed by atoms with Crippen molar-refractivity contribution in [3.63, 3.8) is 0 Å². The summed E-state index contributed by atoms with van der Waals surface area (Å²) in [5.41, 5.74) is 23.5. The third-order valence-electron chi connectivity index (χ3n) is 14.8. The fraction of sp³-hybridized carbons (Fsp3) is 0.121. The lowest BCUT2D eigenvalue weighted by Gasteiger charge is -2.21. The van der Waals surface area contributed by atoms with Crippen molar-refractivity contribution in [1.82, 2.24) is 0 Å². The molecule has 0 fully saturated rings. The van der Waals surface area contributed by atoms with Gasteiger partial charge in [0.05, 0.1) is 0 Å². The van der Waals surface area contributed by atoms with Crippen LogP contribution in [0.1, 0.15) is 52.7 Å². The minimum atomic E-state index is 0.00589. The zero-order chi connectivity index (χ0) is 44.6. The first-order chi connectivity index (χ1) is 32.0. The van der Waals surface area contributed by atoms with Crippen LogP contribution in [-0.2, 0) is 10.8 Å². The zero-order valence-electron chi connectivity index (χ0n) is 38.5. The predicted molar refractivity (Wildman–Crippen MR) is 284 cm³/mol. The van der Waals surface area contributed by atoms with Gasteiger partial charge >= 0.3 is 0 Å². The Morgan fingerprint density at radius 3 is 1.17 bits per heavy atom. The first kappa shape index (κ1) is 38.9. The summed E-state index contributed by atoms with van der Waals surface area (Å²) < 4.78 is 0. The van der Waals surface area contributed by atoms with Crippen LogP contribution >= 0.6 is 0 Å². The maximum absolute atomic E-state index is 2.57. The second kappa shape index (κ2) is 14.0. The minimum absolute atomic E-state index is 0.00589. The van der Waals surface area contributed by atoms with Crippen molar-refractivity contribution in [3.05, 3.63) is 205 Å². The van der Waals surface area contributed by atoms with E-state index in [4.69, 9.17) is 0 Å². The summed E-state index contributed by atoms with van der Waals surface area (Å²) in [7, 11) is 0. The molecule has 0 saturated heterocycles. The second-order valence-corrected chi connectivity index (χ2v) is 20.9. The van der Waals surface area contributed by atoms with Crippen LogP contribution in [0.15, 0.2) is 194 Å². The monoisotopic (exact) mass is 842 g/mol. The fourth-order valence-corrected chi connectivity index (χ4v) is 11.4. The molecule has 0 unspecified atom stereocenters. The van der Waals surface area contributed by atoms with Gasteiger partial charge in [0.15, 0.2) is 0 Å².